The molecule has 2 heterocycles. The van der Waals surface area contributed by atoms with E-state index in [0.717, 1.165) is 4.88 Å². The molecule has 0 bridgehead atoms. The first-order chi connectivity index (χ1) is 10.6. The van der Waals surface area contributed by atoms with Crippen molar-refractivity contribution in [3.8, 4) is 11.7 Å². The fraction of sp³-hybridized carbons (Fsp3) is 0.0667. The maximum atomic E-state index is 13.1. The second-order valence-electron chi connectivity index (χ2n) is 4.41. The summed E-state index contributed by atoms with van der Waals surface area (Å²) in [5, 5.41) is 3.12. The van der Waals surface area contributed by atoms with E-state index in [1.807, 2.05) is 6.92 Å². The van der Waals surface area contributed by atoms with Crippen LogP contribution in [0.4, 0.5) is 9.52 Å². The zero-order chi connectivity index (χ0) is 15.5. The number of carbonyl (C=O) groups excluding carboxylic acids is 1. The van der Waals surface area contributed by atoms with Crippen molar-refractivity contribution < 1.29 is 18.3 Å². The maximum absolute atomic E-state index is 13.1. The summed E-state index contributed by atoms with van der Waals surface area (Å²) in [7, 11) is 0. The van der Waals surface area contributed by atoms with Crippen LogP contribution in [0.3, 0.4) is 0 Å². The molecule has 1 N–H and O–H groups in total. The van der Waals surface area contributed by atoms with E-state index in [9.17, 15) is 9.18 Å². The summed E-state index contributed by atoms with van der Waals surface area (Å²) in [6.07, 6.45) is 1.67. The summed E-state index contributed by atoms with van der Waals surface area (Å²) >= 11 is 1.36. The molecule has 1 amide bonds. The second-order valence-corrected chi connectivity index (χ2v) is 5.64. The molecule has 3 rings (SSSR count). The molecule has 0 unspecified atom stereocenters. The number of nitrogens with one attached hydrogen (secondary N) is 1. The number of thiazole rings is 1. The lowest BCUT2D eigenvalue weighted by molar-refractivity contribution is 0.0991. The lowest BCUT2D eigenvalue weighted by Crippen LogP contribution is -2.10. The van der Waals surface area contributed by atoms with Crippen molar-refractivity contribution in [2.45, 2.75) is 6.92 Å². The van der Waals surface area contributed by atoms with Crippen molar-refractivity contribution in [1.82, 2.24) is 4.98 Å². The zero-order valence-electron chi connectivity index (χ0n) is 11.5. The molecule has 2 aromatic heterocycles. The molecule has 112 valence electrons. The highest BCUT2D eigenvalue weighted by molar-refractivity contribution is 7.15. The number of benzene rings is 1. The molecule has 0 fully saturated rings. The van der Waals surface area contributed by atoms with E-state index in [2.05, 4.69) is 10.3 Å². The Morgan fingerprint density at radius 2 is 2.23 bits per heavy atom. The van der Waals surface area contributed by atoms with Crippen LogP contribution in [0, 0.1) is 12.7 Å². The minimum atomic E-state index is -0.427. The Morgan fingerprint density at radius 3 is 2.95 bits per heavy atom. The zero-order valence-corrected chi connectivity index (χ0v) is 12.3. The second kappa shape index (κ2) is 5.98. The Hall–Kier alpha value is -2.67. The Morgan fingerprint density at radius 1 is 1.36 bits per heavy atom. The first kappa shape index (κ1) is 14.3. The van der Waals surface area contributed by atoms with Gasteiger partial charge in [0.25, 0.3) is 11.9 Å². The molecule has 0 saturated heterocycles. The van der Waals surface area contributed by atoms with Crippen molar-refractivity contribution in [3.05, 3.63) is 59.0 Å². The quantitative estimate of drug-likeness (QED) is 0.782. The third-order valence-corrected chi connectivity index (χ3v) is 3.49. The summed E-state index contributed by atoms with van der Waals surface area (Å²) in [5.74, 6) is -0.369. The van der Waals surface area contributed by atoms with Gasteiger partial charge < -0.3 is 9.15 Å². The molecule has 0 aliphatic carbocycles. The van der Waals surface area contributed by atoms with Crippen LogP contribution < -0.4 is 10.1 Å². The number of hydrogen-bond acceptors (Lipinski definition) is 5. The van der Waals surface area contributed by atoms with Gasteiger partial charge in [0.05, 0.1) is 0 Å². The standard InChI is InChI=1S/C15H11FN2O3S/c1-9-8-17-15(22-9)18-14(19)12-5-6-13(21-12)20-11-4-2-3-10(16)7-11/h2-8H,1H3,(H,17,18,19). The molecule has 7 heteroatoms. The lowest BCUT2D eigenvalue weighted by atomic mass is 10.3. The lowest BCUT2D eigenvalue weighted by Gasteiger charge is -2.01. The van der Waals surface area contributed by atoms with Crippen molar-refractivity contribution in [1.29, 1.82) is 0 Å². The Kier molecular flexibility index (Phi) is 3.88. The van der Waals surface area contributed by atoms with E-state index in [0.29, 0.717) is 5.13 Å². The van der Waals surface area contributed by atoms with Crippen LogP contribution in [0.15, 0.2) is 47.0 Å². The predicted octanol–water partition coefficient (Wildman–Crippen LogP) is 4.23. The molecule has 0 radical (unpaired) electrons. The maximum Gasteiger partial charge on any atom is 0.293 e. The number of carbonyl (C=O) groups is 1. The van der Waals surface area contributed by atoms with E-state index >= 15 is 0 Å². The molecular weight excluding hydrogens is 307 g/mol. The van der Waals surface area contributed by atoms with Gasteiger partial charge in [-0.1, -0.05) is 6.07 Å². The van der Waals surface area contributed by atoms with Crippen molar-refractivity contribution in [2.75, 3.05) is 5.32 Å². The highest BCUT2D eigenvalue weighted by Gasteiger charge is 2.14. The summed E-state index contributed by atoms with van der Waals surface area (Å²) < 4.78 is 23.7. The van der Waals surface area contributed by atoms with Gasteiger partial charge in [0, 0.05) is 23.2 Å². The van der Waals surface area contributed by atoms with E-state index in [-0.39, 0.29) is 17.5 Å². The van der Waals surface area contributed by atoms with Crippen molar-refractivity contribution in [3.63, 3.8) is 0 Å². The molecule has 0 atom stereocenters. The number of anilines is 1. The van der Waals surface area contributed by atoms with Crippen LogP contribution in [-0.4, -0.2) is 10.9 Å². The average molecular weight is 318 g/mol. The Bertz CT molecular complexity index is 812. The summed E-state index contributed by atoms with van der Waals surface area (Å²) in [5.41, 5.74) is 0. The molecule has 0 aliphatic rings. The molecule has 3 aromatic rings. The minimum absolute atomic E-state index is 0.0826. The summed E-state index contributed by atoms with van der Waals surface area (Å²) in [4.78, 5) is 17.0. The van der Waals surface area contributed by atoms with E-state index in [1.54, 1.807) is 12.3 Å². The summed E-state index contributed by atoms with van der Waals surface area (Å²) in [6.45, 7) is 1.89. The normalized spacial score (nSPS) is 10.5. The highest BCUT2D eigenvalue weighted by atomic mass is 32.1. The van der Waals surface area contributed by atoms with E-state index in [1.165, 1.54) is 41.7 Å². The highest BCUT2D eigenvalue weighted by Crippen LogP contribution is 2.25. The number of nitrogens with zero attached hydrogens (tertiary/aromatic N) is 1. The van der Waals surface area contributed by atoms with Crippen LogP contribution in [0.5, 0.6) is 11.7 Å². The van der Waals surface area contributed by atoms with Gasteiger partial charge in [0.2, 0.25) is 0 Å². The molecule has 22 heavy (non-hydrogen) atoms. The van der Waals surface area contributed by atoms with Crippen molar-refractivity contribution in [2.24, 2.45) is 0 Å². The van der Waals surface area contributed by atoms with Gasteiger partial charge >= 0.3 is 0 Å². The van der Waals surface area contributed by atoms with E-state index in [4.69, 9.17) is 9.15 Å². The van der Waals surface area contributed by atoms with Crippen LogP contribution in [-0.2, 0) is 0 Å². The van der Waals surface area contributed by atoms with Gasteiger partial charge in [0.15, 0.2) is 10.9 Å². The minimum Gasteiger partial charge on any atom is -0.426 e. The monoisotopic (exact) mass is 318 g/mol. The fourth-order valence-electron chi connectivity index (χ4n) is 1.71. The third kappa shape index (κ3) is 3.32. The van der Waals surface area contributed by atoms with Crippen LogP contribution in [0.2, 0.25) is 0 Å². The Labute approximate surface area is 129 Å². The number of halogens is 1. The largest absolute Gasteiger partial charge is 0.426 e. The molecule has 0 saturated carbocycles. The van der Waals surface area contributed by atoms with Gasteiger partial charge in [-0.2, -0.15) is 0 Å². The molecular formula is C15H11FN2O3S. The number of rotatable bonds is 4. The number of aromatic nitrogens is 1. The van der Waals surface area contributed by atoms with Gasteiger partial charge in [0.1, 0.15) is 11.6 Å². The van der Waals surface area contributed by atoms with Crippen LogP contribution in [0.25, 0.3) is 0 Å². The van der Waals surface area contributed by atoms with Crippen molar-refractivity contribution >= 4 is 22.4 Å². The van der Waals surface area contributed by atoms with Crippen LogP contribution >= 0.6 is 11.3 Å². The molecule has 5 nitrogen and oxygen atoms in total. The molecule has 0 aliphatic heterocycles. The predicted molar refractivity (Wildman–Crippen MR) is 80.0 cm³/mol. The summed E-state index contributed by atoms with van der Waals surface area (Å²) in [6, 6.07) is 8.61. The Balaban J connectivity index is 1.69. The first-order valence-corrected chi connectivity index (χ1v) is 7.19. The van der Waals surface area contributed by atoms with Gasteiger partial charge in [-0.25, -0.2) is 9.37 Å². The van der Waals surface area contributed by atoms with Gasteiger partial charge in [-0.05, 0) is 25.1 Å². The molecule has 1 aromatic carbocycles. The SMILES string of the molecule is Cc1cnc(NC(=O)c2ccc(Oc3cccc(F)c3)o2)s1. The number of aryl methyl sites for hydroxylation is 1. The van der Waals surface area contributed by atoms with Crippen LogP contribution in [0.1, 0.15) is 15.4 Å². The number of hydrogen-bond donors (Lipinski definition) is 1. The van der Waals surface area contributed by atoms with Gasteiger partial charge in [-0.3, -0.25) is 10.1 Å². The first-order valence-electron chi connectivity index (χ1n) is 6.37. The number of furan rings is 1. The average Bonchev–Trinajstić information content (AvgIpc) is 3.08. The topological polar surface area (TPSA) is 64.4 Å². The third-order valence-electron chi connectivity index (χ3n) is 2.66. The molecule has 0 spiro atoms. The number of ether oxygens (including phenoxy) is 1. The van der Waals surface area contributed by atoms with Gasteiger partial charge in [-0.15, -0.1) is 11.3 Å². The van der Waals surface area contributed by atoms with E-state index < -0.39 is 11.7 Å². The smallest absolute Gasteiger partial charge is 0.293 e. The number of amides is 1. The fourth-order valence-corrected chi connectivity index (χ4v) is 2.37.